The lowest BCUT2D eigenvalue weighted by molar-refractivity contribution is -0.149. The maximum atomic E-state index is 13.1. The van der Waals surface area contributed by atoms with E-state index in [9.17, 15) is 23.4 Å². The molecule has 0 bridgehead atoms. The normalized spacial score (nSPS) is 21.0. The van der Waals surface area contributed by atoms with E-state index in [1.165, 1.54) is 4.90 Å². The molecule has 0 amide bonds. The summed E-state index contributed by atoms with van der Waals surface area (Å²) in [6.45, 7) is 3.53. The number of nitrogens with zero attached hydrogens (tertiary/aromatic N) is 1. The van der Waals surface area contributed by atoms with Gasteiger partial charge in [-0.2, -0.15) is 13.2 Å². The van der Waals surface area contributed by atoms with Crippen molar-refractivity contribution in [1.29, 1.82) is 0 Å². The van der Waals surface area contributed by atoms with Gasteiger partial charge in [0.05, 0.1) is 12.1 Å². The largest absolute Gasteiger partial charge is 0.508 e. The van der Waals surface area contributed by atoms with Gasteiger partial charge in [0.2, 0.25) is 0 Å². The zero-order chi connectivity index (χ0) is 22.0. The van der Waals surface area contributed by atoms with Crippen molar-refractivity contribution in [3.8, 4) is 5.75 Å². The first-order valence-corrected chi connectivity index (χ1v) is 10.5. The van der Waals surface area contributed by atoms with Gasteiger partial charge in [-0.1, -0.05) is 50.2 Å². The summed E-state index contributed by atoms with van der Waals surface area (Å²) in [5.41, 5.74) is 0.954. The molecule has 3 nitrogen and oxygen atoms in total. The minimum atomic E-state index is -4.26. The summed E-state index contributed by atoms with van der Waals surface area (Å²) in [5.74, 6) is 0.0998. The number of aromatic hydroxyl groups is 1. The van der Waals surface area contributed by atoms with Gasteiger partial charge >= 0.3 is 6.18 Å². The summed E-state index contributed by atoms with van der Waals surface area (Å²) >= 11 is 0. The molecule has 1 saturated heterocycles. The maximum absolute atomic E-state index is 13.1. The van der Waals surface area contributed by atoms with Gasteiger partial charge in [0.15, 0.2) is 0 Å². The number of hydrogen-bond donors (Lipinski definition) is 2. The molecule has 164 valence electrons. The minimum absolute atomic E-state index is 0.0998. The first-order chi connectivity index (χ1) is 14.1. The summed E-state index contributed by atoms with van der Waals surface area (Å²) in [6.07, 6.45) is -1.78. The molecular weight excluding hydrogens is 391 g/mol. The van der Waals surface area contributed by atoms with E-state index >= 15 is 0 Å². The average Bonchev–Trinajstić information content (AvgIpc) is 2.72. The summed E-state index contributed by atoms with van der Waals surface area (Å²) in [5, 5.41) is 20.9. The van der Waals surface area contributed by atoms with E-state index < -0.39 is 23.7 Å². The number of rotatable bonds is 6. The lowest BCUT2D eigenvalue weighted by Crippen LogP contribution is -2.49. The fourth-order valence-corrected chi connectivity index (χ4v) is 4.73. The van der Waals surface area contributed by atoms with Gasteiger partial charge in [0.1, 0.15) is 5.75 Å². The quantitative estimate of drug-likeness (QED) is 0.661. The van der Waals surface area contributed by atoms with E-state index in [1.807, 2.05) is 44.2 Å². The van der Waals surface area contributed by atoms with Crippen LogP contribution >= 0.6 is 0 Å². The predicted molar refractivity (Wildman–Crippen MR) is 112 cm³/mol. The molecular formula is C24H30F3NO2. The van der Waals surface area contributed by atoms with E-state index in [4.69, 9.17) is 0 Å². The van der Waals surface area contributed by atoms with Crippen LogP contribution in [0.15, 0.2) is 48.5 Å². The SMILES string of the molecule is CCC(O)(CC)c1ccc(C2(c3cccc(O)c3)CCCN(CC(F)(F)F)C2)cc1. The molecule has 1 atom stereocenters. The number of phenols is 1. The van der Waals surface area contributed by atoms with Gasteiger partial charge in [0.25, 0.3) is 0 Å². The molecule has 0 saturated carbocycles. The van der Waals surface area contributed by atoms with Crippen LogP contribution in [0.2, 0.25) is 0 Å². The molecule has 1 fully saturated rings. The number of piperidine rings is 1. The Morgan fingerprint density at radius 2 is 1.67 bits per heavy atom. The molecule has 2 aromatic carbocycles. The van der Waals surface area contributed by atoms with Gasteiger partial charge in [-0.15, -0.1) is 0 Å². The third-order valence-electron chi connectivity index (χ3n) is 6.52. The van der Waals surface area contributed by atoms with Crippen molar-refractivity contribution in [1.82, 2.24) is 4.90 Å². The lowest BCUT2D eigenvalue weighted by Gasteiger charge is -2.44. The molecule has 0 aromatic heterocycles. The number of phenolic OH excluding ortho intramolecular Hbond substituents is 1. The van der Waals surface area contributed by atoms with Crippen LogP contribution in [-0.4, -0.2) is 40.9 Å². The van der Waals surface area contributed by atoms with Gasteiger partial charge < -0.3 is 10.2 Å². The van der Waals surface area contributed by atoms with Gasteiger partial charge in [-0.25, -0.2) is 0 Å². The van der Waals surface area contributed by atoms with Crippen LogP contribution in [-0.2, 0) is 11.0 Å². The second-order valence-electron chi connectivity index (χ2n) is 8.38. The Morgan fingerprint density at radius 1 is 1.00 bits per heavy atom. The van der Waals surface area contributed by atoms with Crippen LogP contribution < -0.4 is 0 Å². The highest BCUT2D eigenvalue weighted by atomic mass is 19.4. The first kappa shape index (κ1) is 22.6. The van der Waals surface area contributed by atoms with Crippen molar-refractivity contribution in [3.63, 3.8) is 0 Å². The van der Waals surface area contributed by atoms with Gasteiger partial charge in [-0.05, 0) is 61.1 Å². The second-order valence-corrected chi connectivity index (χ2v) is 8.38. The molecule has 1 unspecified atom stereocenters. The van der Waals surface area contributed by atoms with Crippen molar-refractivity contribution in [2.75, 3.05) is 19.6 Å². The molecule has 2 N–H and O–H groups in total. The van der Waals surface area contributed by atoms with Crippen molar-refractivity contribution < 1.29 is 23.4 Å². The molecule has 6 heteroatoms. The van der Waals surface area contributed by atoms with E-state index in [-0.39, 0.29) is 12.3 Å². The fraction of sp³-hybridized carbons (Fsp3) is 0.500. The van der Waals surface area contributed by atoms with Crippen molar-refractivity contribution >= 4 is 0 Å². The molecule has 0 aliphatic carbocycles. The van der Waals surface area contributed by atoms with Crippen molar-refractivity contribution in [2.45, 2.75) is 56.7 Å². The molecule has 0 spiro atoms. The van der Waals surface area contributed by atoms with E-state index in [1.54, 1.807) is 18.2 Å². The Morgan fingerprint density at radius 3 is 2.23 bits per heavy atom. The Balaban J connectivity index is 2.04. The molecule has 1 aliphatic rings. The van der Waals surface area contributed by atoms with Crippen molar-refractivity contribution in [2.24, 2.45) is 0 Å². The minimum Gasteiger partial charge on any atom is -0.508 e. The number of aliphatic hydroxyl groups is 1. The number of halogens is 3. The van der Waals surface area contributed by atoms with Crippen LogP contribution in [0.5, 0.6) is 5.75 Å². The zero-order valence-electron chi connectivity index (χ0n) is 17.5. The summed E-state index contributed by atoms with van der Waals surface area (Å²) in [4.78, 5) is 1.45. The standard InChI is InChI=1S/C24H30F3NO2/c1-3-23(30,4-2)19-11-9-18(10-12-19)22(20-7-5-8-21(29)15-20)13-6-14-28(16-22)17-24(25,26)27/h5,7-12,15,29-30H,3-4,6,13-14,16-17H2,1-2H3. The third-order valence-corrected chi connectivity index (χ3v) is 6.52. The highest BCUT2D eigenvalue weighted by Gasteiger charge is 2.42. The molecule has 3 rings (SSSR count). The number of benzene rings is 2. The van der Waals surface area contributed by atoms with Gasteiger partial charge in [0, 0.05) is 12.0 Å². The Labute approximate surface area is 176 Å². The molecule has 1 aliphatic heterocycles. The summed E-state index contributed by atoms with van der Waals surface area (Å²) < 4.78 is 39.3. The lowest BCUT2D eigenvalue weighted by atomic mass is 9.68. The van der Waals surface area contributed by atoms with E-state index in [0.29, 0.717) is 32.2 Å². The van der Waals surface area contributed by atoms with E-state index in [2.05, 4.69) is 0 Å². The number of alkyl halides is 3. The maximum Gasteiger partial charge on any atom is 0.401 e. The molecule has 30 heavy (non-hydrogen) atoms. The predicted octanol–water partition coefficient (Wildman–Crippen LogP) is 5.34. The Bertz CT molecular complexity index is 846. The monoisotopic (exact) mass is 421 g/mol. The summed E-state index contributed by atoms with van der Waals surface area (Å²) in [6, 6.07) is 14.4. The van der Waals surface area contributed by atoms with Gasteiger partial charge in [-0.3, -0.25) is 4.90 Å². The van der Waals surface area contributed by atoms with Crippen LogP contribution in [0.1, 0.15) is 56.2 Å². The third kappa shape index (κ3) is 4.65. The fourth-order valence-electron chi connectivity index (χ4n) is 4.73. The van der Waals surface area contributed by atoms with Crippen LogP contribution in [0.25, 0.3) is 0 Å². The first-order valence-electron chi connectivity index (χ1n) is 10.5. The number of hydrogen-bond acceptors (Lipinski definition) is 3. The second kappa shape index (κ2) is 8.60. The molecule has 1 heterocycles. The Kier molecular flexibility index (Phi) is 6.48. The van der Waals surface area contributed by atoms with Crippen molar-refractivity contribution in [3.05, 3.63) is 65.2 Å². The molecule has 0 radical (unpaired) electrons. The average molecular weight is 422 g/mol. The van der Waals surface area contributed by atoms with Crippen LogP contribution in [0.4, 0.5) is 13.2 Å². The highest BCUT2D eigenvalue weighted by Crippen LogP contribution is 2.42. The van der Waals surface area contributed by atoms with E-state index in [0.717, 1.165) is 16.7 Å². The van der Waals surface area contributed by atoms with Crippen LogP contribution in [0.3, 0.4) is 0 Å². The smallest absolute Gasteiger partial charge is 0.401 e. The Hall–Kier alpha value is -2.05. The molecule has 2 aromatic rings. The highest BCUT2D eigenvalue weighted by molar-refractivity contribution is 5.44. The topological polar surface area (TPSA) is 43.7 Å². The van der Waals surface area contributed by atoms with Crippen LogP contribution in [0, 0.1) is 0 Å². The zero-order valence-corrected chi connectivity index (χ0v) is 17.5. The number of likely N-dealkylation sites (tertiary alicyclic amines) is 1. The summed E-state index contributed by atoms with van der Waals surface area (Å²) in [7, 11) is 0.